The molecule has 5 heteroatoms. The Morgan fingerprint density at radius 1 is 0.957 bits per heavy atom. The van der Waals surface area contributed by atoms with Crippen LogP contribution in [0.15, 0.2) is 48.5 Å². The summed E-state index contributed by atoms with van der Waals surface area (Å²) in [5.41, 5.74) is 1.74. The van der Waals surface area contributed by atoms with Crippen LogP contribution < -0.4 is 4.90 Å². The number of ketones is 1. The highest BCUT2D eigenvalue weighted by atomic mass is 35.5. The van der Waals surface area contributed by atoms with Crippen LogP contribution in [0.4, 0.5) is 5.69 Å². The molecular formula is C18H18Cl2N2O. The Balaban J connectivity index is 1.57. The molecule has 1 saturated heterocycles. The van der Waals surface area contributed by atoms with Gasteiger partial charge in [-0.2, -0.15) is 0 Å². The number of piperazine rings is 1. The topological polar surface area (TPSA) is 23.6 Å². The zero-order valence-electron chi connectivity index (χ0n) is 12.7. The zero-order chi connectivity index (χ0) is 16.2. The molecule has 0 N–H and O–H groups in total. The fraction of sp³-hybridized carbons (Fsp3) is 0.278. The van der Waals surface area contributed by atoms with Crippen molar-refractivity contribution in [3.05, 3.63) is 64.1 Å². The van der Waals surface area contributed by atoms with Crippen molar-refractivity contribution in [2.45, 2.75) is 0 Å². The predicted molar refractivity (Wildman–Crippen MR) is 95.9 cm³/mol. The summed E-state index contributed by atoms with van der Waals surface area (Å²) in [4.78, 5) is 16.8. The van der Waals surface area contributed by atoms with Gasteiger partial charge in [0.1, 0.15) is 0 Å². The summed E-state index contributed by atoms with van der Waals surface area (Å²) in [6.45, 7) is 3.85. The van der Waals surface area contributed by atoms with Crippen LogP contribution in [0, 0.1) is 0 Å². The van der Waals surface area contributed by atoms with Gasteiger partial charge in [-0.15, -0.1) is 0 Å². The summed E-state index contributed by atoms with van der Waals surface area (Å²) in [7, 11) is 0. The SMILES string of the molecule is O=C(CN1CCN(c2ccccc2Cl)CC1)c1cccc(Cl)c1. The van der Waals surface area contributed by atoms with Crippen molar-refractivity contribution in [1.82, 2.24) is 4.90 Å². The third-order valence-electron chi connectivity index (χ3n) is 4.08. The Labute approximate surface area is 146 Å². The number of carbonyl (C=O) groups is 1. The molecule has 0 saturated carbocycles. The van der Waals surface area contributed by atoms with Crippen LogP contribution in [-0.4, -0.2) is 43.4 Å². The molecule has 3 nitrogen and oxygen atoms in total. The molecule has 0 atom stereocenters. The van der Waals surface area contributed by atoms with Gasteiger partial charge in [0.25, 0.3) is 0 Å². The van der Waals surface area contributed by atoms with Crippen LogP contribution >= 0.6 is 23.2 Å². The summed E-state index contributed by atoms with van der Waals surface area (Å²) in [6.07, 6.45) is 0. The lowest BCUT2D eigenvalue weighted by Crippen LogP contribution is -2.48. The number of carbonyl (C=O) groups excluding carboxylic acids is 1. The van der Waals surface area contributed by atoms with E-state index in [1.165, 1.54) is 0 Å². The van der Waals surface area contributed by atoms with Gasteiger partial charge in [0.2, 0.25) is 0 Å². The second-order valence-corrected chi connectivity index (χ2v) is 6.49. The van der Waals surface area contributed by atoms with Crippen LogP contribution in [0.3, 0.4) is 0 Å². The quantitative estimate of drug-likeness (QED) is 0.780. The maximum Gasteiger partial charge on any atom is 0.176 e. The van der Waals surface area contributed by atoms with Gasteiger partial charge in [0, 0.05) is 36.8 Å². The molecule has 0 spiro atoms. The minimum Gasteiger partial charge on any atom is -0.368 e. The Hall–Kier alpha value is -1.55. The van der Waals surface area contributed by atoms with Crippen molar-refractivity contribution in [3.8, 4) is 0 Å². The molecule has 3 rings (SSSR count). The maximum absolute atomic E-state index is 12.3. The monoisotopic (exact) mass is 348 g/mol. The van der Waals surface area contributed by atoms with Crippen molar-refractivity contribution in [2.24, 2.45) is 0 Å². The molecule has 120 valence electrons. The van der Waals surface area contributed by atoms with Crippen molar-refractivity contribution < 1.29 is 4.79 Å². The summed E-state index contributed by atoms with van der Waals surface area (Å²) >= 11 is 12.2. The van der Waals surface area contributed by atoms with Crippen LogP contribution in [0.1, 0.15) is 10.4 Å². The second kappa shape index (κ2) is 7.35. The first-order valence-electron chi connectivity index (χ1n) is 7.64. The van der Waals surface area contributed by atoms with E-state index >= 15 is 0 Å². The second-order valence-electron chi connectivity index (χ2n) is 5.65. The van der Waals surface area contributed by atoms with Crippen molar-refractivity contribution >= 4 is 34.7 Å². The molecule has 1 aliphatic heterocycles. The highest BCUT2D eigenvalue weighted by Crippen LogP contribution is 2.26. The normalized spacial score (nSPS) is 15.7. The van der Waals surface area contributed by atoms with Crippen molar-refractivity contribution in [2.75, 3.05) is 37.6 Å². The minimum atomic E-state index is 0.110. The van der Waals surface area contributed by atoms with Crippen LogP contribution in [0.5, 0.6) is 0 Å². The minimum absolute atomic E-state index is 0.110. The van der Waals surface area contributed by atoms with Crippen molar-refractivity contribution in [1.29, 1.82) is 0 Å². The molecule has 23 heavy (non-hydrogen) atoms. The number of halogens is 2. The number of Topliss-reactive ketones (excluding diaryl/α,β-unsaturated/α-hetero) is 1. The van der Waals surface area contributed by atoms with Gasteiger partial charge in [0.05, 0.1) is 17.3 Å². The van der Waals surface area contributed by atoms with Crippen LogP contribution in [0.2, 0.25) is 10.0 Å². The van der Waals surface area contributed by atoms with E-state index in [0.717, 1.165) is 36.9 Å². The average molecular weight is 349 g/mol. The lowest BCUT2D eigenvalue weighted by atomic mass is 10.1. The van der Waals surface area contributed by atoms with Crippen LogP contribution in [-0.2, 0) is 0 Å². The Morgan fingerprint density at radius 3 is 2.39 bits per heavy atom. The number of anilines is 1. The molecule has 0 radical (unpaired) electrons. The molecule has 0 aliphatic carbocycles. The molecule has 0 aromatic heterocycles. The Morgan fingerprint density at radius 2 is 1.70 bits per heavy atom. The number of hydrogen-bond acceptors (Lipinski definition) is 3. The first kappa shape index (κ1) is 16.3. The predicted octanol–water partition coefficient (Wildman–Crippen LogP) is 4.00. The first-order chi connectivity index (χ1) is 11.1. The van der Waals surface area contributed by atoms with Crippen LogP contribution in [0.25, 0.3) is 0 Å². The van der Waals surface area contributed by atoms with Gasteiger partial charge in [-0.3, -0.25) is 9.69 Å². The van der Waals surface area contributed by atoms with Gasteiger partial charge in [-0.1, -0.05) is 47.5 Å². The largest absolute Gasteiger partial charge is 0.368 e. The highest BCUT2D eigenvalue weighted by Gasteiger charge is 2.20. The standard InChI is InChI=1S/C18H18Cl2N2O/c19-15-5-3-4-14(12-15)18(23)13-21-8-10-22(11-9-21)17-7-2-1-6-16(17)20/h1-7,12H,8-11,13H2. The molecule has 1 aliphatic rings. The van der Waals surface area contributed by atoms with E-state index in [2.05, 4.69) is 9.80 Å². The number of benzene rings is 2. The molecule has 2 aromatic carbocycles. The van der Waals surface area contributed by atoms with Gasteiger partial charge in [0.15, 0.2) is 5.78 Å². The molecule has 0 bridgehead atoms. The summed E-state index contributed by atoms with van der Waals surface area (Å²) in [6, 6.07) is 15.0. The summed E-state index contributed by atoms with van der Waals surface area (Å²) < 4.78 is 0. The third kappa shape index (κ3) is 4.05. The average Bonchev–Trinajstić information content (AvgIpc) is 2.56. The van der Waals surface area contributed by atoms with E-state index in [-0.39, 0.29) is 5.78 Å². The fourth-order valence-electron chi connectivity index (χ4n) is 2.81. The number of para-hydroxylation sites is 1. The Bertz CT molecular complexity index is 697. The number of rotatable bonds is 4. The zero-order valence-corrected chi connectivity index (χ0v) is 14.2. The molecule has 1 fully saturated rings. The molecule has 0 amide bonds. The smallest absolute Gasteiger partial charge is 0.176 e. The fourth-order valence-corrected chi connectivity index (χ4v) is 3.26. The maximum atomic E-state index is 12.3. The summed E-state index contributed by atoms with van der Waals surface area (Å²) in [5, 5.41) is 1.37. The molecule has 2 aromatic rings. The van der Waals surface area contributed by atoms with E-state index in [4.69, 9.17) is 23.2 Å². The number of nitrogens with zero attached hydrogens (tertiary/aromatic N) is 2. The van der Waals surface area contributed by atoms with E-state index in [0.29, 0.717) is 17.1 Å². The van der Waals surface area contributed by atoms with E-state index < -0.39 is 0 Å². The molecule has 0 unspecified atom stereocenters. The molecule has 1 heterocycles. The first-order valence-corrected chi connectivity index (χ1v) is 8.40. The van der Waals surface area contributed by atoms with E-state index in [9.17, 15) is 4.79 Å². The third-order valence-corrected chi connectivity index (χ3v) is 4.63. The van der Waals surface area contributed by atoms with Gasteiger partial charge < -0.3 is 4.90 Å². The highest BCUT2D eigenvalue weighted by molar-refractivity contribution is 6.33. The van der Waals surface area contributed by atoms with Crippen molar-refractivity contribution in [3.63, 3.8) is 0 Å². The van der Waals surface area contributed by atoms with Gasteiger partial charge in [-0.05, 0) is 24.3 Å². The number of hydrogen-bond donors (Lipinski definition) is 0. The lowest BCUT2D eigenvalue weighted by Gasteiger charge is -2.36. The summed E-state index contributed by atoms with van der Waals surface area (Å²) in [5.74, 6) is 0.110. The van der Waals surface area contributed by atoms with Gasteiger partial charge >= 0.3 is 0 Å². The Kier molecular flexibility index (Phi) is 5.21. The lowest BCUT2D eigenvalue weighted by molar-refractivity contribution is 0.0926. The van der Waals surface area contributed by atoms with E-state index in [1.807, 2.05) is 36.4 Å². The van der Waals surface area contributed by atoms with E-state index in [1.54, 1.807) is 12.1 Å². The van der Waals surface area contributed by atoms with Gasteiger partial charge in [-0.25, -0.2) is 0 Å². The molecular weight excluding hydrogens is 331 g/mol.